The van der Waals surface area contributed by atoms with Crippen molar-refractivity contribution in [3.8, 4) is 0 Å². The number of hydrazone groups is 1. The molecule has 0 aliphatic carbocycles. The molecule has 0 radical (unpaired) electrons. The number of fused-ring (bicyclic) bond motifs is 1. The number of nitrogens with zero attached hydrogens (tertiary/aromatic N) is 3. The Balaban J connectivity index is 1.39. The van der Waals surface area contributed by atoms with E-state index in [2.05, 4.69) is 70.5 Å². The van der Waals surface area contributed by atoms with Gasteiger partial charge in [-0.1, -0.05) is 94.8 Å². The van der Waals surface area contributed by atoms with E-state index in [9.17, 15) is 4.79 Å². The SMILES string of the molecule is CN(CC(=O)N1N=C(c2ccc3ccccc3c2)C[C@H]1c1ccccc1)Cc1ccc(Br)cc1. The van der Waals surface area contributed by atoms with E-state index in [0.717, 1.165) is 21.3 Å². The molecule has 5 rings (SSSR count). The van der Waals surface area contributed by atoms with E-state index >= 15 is 0 Å². The monoisotopic (exact) mass is 511 g/mol. The molecule has 1 amide bonds. The van der Waals surface area contributed by atoms with Crippen molar-refractivity contribution in [3.63, 3.8) is 0 Å². The molecule has 0 bridgehead atoms. The third kappa shape index (κ3) is 4.96. The molecule has 0 aromatic heterocycles. The molecular weight excluding hydrogens is 486 g/mol. The van der Waals surface area contributed by atoms with Gasteiger partial charge in [-0.15, -0.1) is 0 Å². The summed E-state index contributed by atoms with van der Waals surface area (Å²) in [5, 5.41) is 8.93. The maximum absolute atomic E-state index is 13.4. The van der Waals surface area contributed by atoms with Crippen LogP contribution in [0, 0.1) is 0 Å². The third-order valence-electron chi connectivity index (χ3n) is 6.20. The quantitative estimate of drug-likeness (QED) is 0.299. The summed E-state index contributed by atoms with van der Waals surface area (Å²) in [7, 11) is 1.97. The molecule has 1 heterocycles. The van der Waals surface area contributed by atoms with Crippen molar-refractivity contribution in [2.45, 2.75) is 19.0 Å². The fourth-order valence-electron chi connectivity index (χ4n) is 4.48. The summed E-state index contributed by atoms with van der Waals surface area (Å²) in [5.74, 6) is 0.00394. The molecule has 0 saturated carbocycles. The highest BCUT2D eigenvalue weighted by molar-refractivity contribution is 9.10. The second-order valence-corrected chi connectivity index (χ2v) is 9.69. The zero-order valence-electron chi connectivity index (χ0n) is 19.1. The fourth-order valence-corrected chi connectivity index (χ4v) is 4.74. The number of benzene rings is 4. The summed E-state index contributed by atoms with van der Waals surface area (Å²) in [6, 6.07) is 33.0. The zero-order valence-corrected chi connectivity index (χ0v) is 20.7. The van der Waals surface area contributed by atoms with Gasteiger partial charge in [0.15, 0.2) is 0 Å². The third-order valence-corrected chi connectivity index (χ3v) is 6.73. The molecular formula is C29H26BrN3O. The van der Waals surface area contributed by atoms with Crippen LogP contribution >= 0.6 is 15.9 Å². The lowest BCUT2D eigenvalue weighted by Crippen LogP contribution is -2.36. The molecule has 1 atom stereocenters. The van der Waals surface area contributed by atoms with Crippen molar-refractivity contribution in [1.82, 2.24) is 9.91 Å². The van der Waals surface area contributed by atoms with Crippen molar-refractivity contribution < 1.29 is 4.79 Å². The standard InChI is InChI=1S/C29H26BrN3O/c1-32(19-21-11-15-26(30)16-12-21)20-29(34)33-28(23-8-3-2-4-9-23)18-27(31-33)25-14-13-22-7-5-6-10-24(22)17-25/h2-17,28H,18-20H2,1H3/t28-/m0/s1. The summed E-state index contributed by atoms with van der Waals surface area (Å²) in [5.41, 5.74) is 4.28. The first-order valence-electron chi connectivity index (χ1n) is 11.4. The van der Waals surface area contributed by atoms with Crippen molar-refractivity contribution in [3.05, 3.63) is 118 Å². The molecule has 0 spiro atoms. The first kappa shape index (κ1) is 22.5. The van der Waals surface area contributed by atoms with Crippen molar-refractivity contribution in [2.75, 3.05) is 13.6 Å². The lowest BCUT2D eigenvalue weighted by atomic mass is 9.97. The molecule has 1 aliphatic heterocycles. The fraction of sp³-hybridized carbons (Fsp3) is 0.172. The Labute approximate surface area is 208 Å². The van der Waals surface area contributed by atoms with E-state index < -0.39 is 0 Å². The molecule has 0 fully saturated rings. The highest BCUT2D eigenvalue weighted by Gasteiger charge is 2.33. The molecule has 1 aliphatic rings. The van der Waals surface area contributed by atoms with E-state index in [1.54, 1.807) is 5.01 Å². The lowest BCUT2D eigenvalue weighted by molar-refractivity contribution is -0.134. The first-order valence-corrected chi connectivity index (χ1v) is 12.2. The number of carbonyl (C=O) groups is 1. The summed E-state index contributed by atoms with van der Waals surface area (Å²) in [4.78, 5) is 15.5. The number of carbonyl (C=O) groups excluding carboxylic acids is 1. The minimum atomic E-state index is -0.101. The Bertz CT molecular complexity index is 1330. The lowest BCUT2D eigenvalue weighted by Gasteiger charge is -2.25. The molecule has 170 valence electrons. The highest BCUT2D eigenvalue weighted by Crippen LogP contribution is 2.33. The minimum Gasteiger partial charge on any atom is -0.293 e. The predicted octanol–water partition coefficient (Wildman–Crippen LogP) is 6.41. The molecule has 4 aromatic rings. The van der Waals surface area contributed by atoms with Gasteiger partial charge in [0.05, 0.1) is 18.3 Å². The van der Waals surface area contributed by atoms with Gasteiger partial charge in [-0.2, -0.15) is 5.10 Å². The summed E-state index contributed by atoms with van der Waals surface area (Å²) in [6.45, 7) is 0.998. The number of hydrogen-bond donors (Lipinski definition) is 0. The molecule has 4 nitrogen and oxygen atoms in total. The van der Waals surface area contributed by atoms with Crippen LogP contribution in [0.15, 0.2) is 107 Å². The van der Waals surface area contributed by atoms with Gasteiger partial charge in [0.2, 0.25) is 0 Å². The Kier molecular flexibility index (Phi) is 6.57. The van der Waals surface area contributed by atoms with E-state index in [1.165, 1.54) is 16.3 Å². The Morgan fingerprint density at radius 3 is 2.41 bits per heavy atom. The molecule has 0 unspecified atom stereocenters. The zero-order chi connectivity index (χ0) is 23.5. The van der Waals surface area contributed by atoms with E-state index in [0.29, 0.717) is 19.5 Å². The topological polar surface area (TPSA) is 35.9 Å². The number of halogens is 1. The average molecular weight is 512 g/mol. The van der Waals surface area contributed by atoms with Gasteiger partial charge >= 0.3 is 0 Å². The van der Waals surface area contributed by atoms with E-state index in [4.69, 9.17) is 5.10 Å². The van der Waals surface area contributed by atoms with Crippen LogP contribution in [0.2, 0.25) is 0 Å². The van der Waals surface area contributed by atoms with Gasteiger partial charge in [0.25, 0.3) is 5.91 Å². The van der Waals surface area contributed by atoms with Crippen LogP contribution in [0.4, 0.5) is 0 Å². The van der Waals surface area contributed by atoms with Crippen molar-refractivity contribution >= 4 is 38.3 Å². The second-order valence-electron chi connectivity index (χ2n) is 8.78. The van der Waals surface area contributed by atoms with Crippen molar-refractivity contribution in [1.29, 1.82) is 0 Å². The van der Waals surface area contributed by atoms with Crippen LogP contribution in [-0.2, 0) is 11.3 Å². The van der Waals surface area contributed by atoms with Crippen LogP contribution in [0.25, 0.3) is 10.8 Å². The second kappa shape index (κ2) is 9.92. The maximum atomic E-state index is 13.4. The number of hydrogen-bond acceptors (Lipinski definition) is 3. The van der Waals surface area contributed by atoms with Gasteiger partial charge in [-0.3, -0.25) is 9.69 Å². The van der Waals surface area contributed by atoms with Gasteiger partial charge < -0.3 is 0 Å². The minimum absolute atomic E-state index is 0.00394. The Morgan fingerprint density at radius 1 is 0.941 bits per heavy atom. The van der Waals surface area contributed by atoms with Crippen LogP contribution in [-0.4, -0.2) is 35.1 Å². The number of likely N-dealkylation sites (N-methyl/N-ethyl adjacent to an activating group) is 1. The van der Waals surface area contributed by atoms with Crippen LogP contribution in [0.1, 0.15) is 29.2 Å². The summed E-state index contributed by atoms with van der Waals surface area (Å²) < 4.78 is 1.05. The van der Waals surface area contributed by atoms with Crippen LogP contribution in [0.3, 0.4) is 0 Å². The van der Waals surface area contributed by atoms with E-state index in [1.807, 2.05) is 54.4 Å². The van der Waals surface area contributed by atoms with E-state index in [-0.39, 0.29) is 11.9 Å². The Morgan fingerprint density at radius 2 is 1.65 bits per heavy atom. The van der Waals surface area contributed by atoms with Gasteiger partial charge in [-0.05, 0) is 52.7 Å². The summed E-state index contributed by atoms with van der Waals surface area (Å²) in [6.07, 6.45) is 0.699. The largest absolute Gasteiger partial charge is 0.293 e. The average Bonchev–Trinajstić information content (AvgIpc) is 3.31. The van der Waals surface area contributed by atoms with Gasteiger partial charge in [0.1, 0.15) is 0 Å². The highest BCUT2D eigenvalue weighted by atomic mass is 79.9. The first-order chi connectivity index (χ1) is 16.6. The van der Waals surface area contributed by atoms with Gasteiger partial charge in [0, 0.05) is 17.4 Å². The predicted molar refractivity (Wildman–Crippen MR) is 142 cm³/mol. The summed E-state index contributed by atoms with van der Waals surface area (Å²) >= 11 is 3.47. The molecule has 34 heavy (non-hydrogen) atoms. The molecule has 0 saturated heterocycles. The molecule has 5 heteroatoms. The van der Waals surface area contributed by atoms with Crippen LogP contribution < -0.4 is 0 Å². The Hall–Kier alpha value is -3.28. The number of amides is 1. The van der Waals surface area contributed by atoms with Crippen LogP contribution in [0.5, 0.6) is 0 Å². The molecule has 0 N–H and O–H groups in total. The maximum Gasteiger partial charge on any atom is 0.257 e. The van der Waals surface area contributed by atoms with Crippen molar-refractivity contribution in [2.24, 2.45) is 5.10 Å². The van der Waals surface area contributed by atoms with Gasteiger partial charge in [-0.25, -0.2) is 5.01 Å². The number of rotatable bonds is 6. The normalized spacial score (nSPS) is 15.7. The smallest absolute Gasteiger partial charge is 0.257 e. The molecule has 4 aromatic carbocycles.